The van der Waals surface area contributed by atoms with E-state index in [0.717, 1.165) is 40.9 Å². The molecule has 0 fully saturated rings. The fourth-order valence-corrected chi connectivity index (χ4v) is 4.28. The fraction of sp³-hybridized carbons (Fsp3) is 0.192. The van der Waals surface area contributed by atoms with Crippen molar-refractivity contribution in [2.75, 3.05) is 20.3 Å². The van der Waals surface area contributed by atoms with Crippen LogP contribution in [0.1, 0.15) is 11.1 Å². The highest BCUT2D eigenvalue weighted by molar-refractivity contribution is 5.91. The van der Waals surface area contributed by atoms with Gasteiger partial charge in [0.15, 0.2) is 11.5 Å². The summed E-state index contributed by atoms with van der Waals surface area (Å²) in [5.41, 5.74) is 4.13. The van der Waals surface area contributed by atoms with Crippen LogP contribution in [0.15, 0.2) is 73.1 Å². The van der Waals surface area contributed by atoms with Gasteiger partial charge in [0.2, 0.25) is 0 Å². The number of hydrogen-bond donors (Lipinski definition) is 1. The Bertz CT molecular complexity index is 1220. The van der Waals surface area contributed by atoms with Gasteiger partial charge in [0.05, 0.1) is 7.11 Å². The quantitative estimate of drug-likeness (QED) is 0.511. The smallest absolute Gasteiger partial charge is 0.165 e. The molecule has 0 radical (unpaired) electrons. The van der Waals surface area contributed by atoms with E-state index in [2.05, 4.69) is 40.2 Å². The minimum Gasteiger partial charge on any atom is -0.504 e. The largest absolute Gasteiger partial charge is 0.504 e. The molecule has 4 aromatic rings. The van der Waals surface area contributed by atoms with Gasteiger partial charge in [0.1, 0.15) is 12.4 Å². The first-order chi connectivity index (χ1) is 15.2. The molecule has 1 aliphatic rings. The molecule has 1 aliphatic heterocycles. The molecule has 0 atom stereocenters. The van der Waals surface area contributed by atoms with E-state index in [1.54, 1.807) is 25.6 Å². The number of ether oxygens (including phenoxy) is 2. The second-order valence-corrected chi connectivity index (χ2v) is 7.76. The van der Waals surface area contributed by atoms with Crippen LogP contribution in [0.25, 0.3) is 21.9 Å². The molecule has 0 saturated carbocycles. The first-order valence-electron chi connectivity index (χ1n) is 10.4. The van der Waals surface area contributed by atoms with Gasteiger partial charge in [-0.1, -0.05) is 36.4 Å². The maximum absolute atomic E-state index is 10.6. The third kappa shape index (κ3) is 3.80. The van der Waals surface area contributed by atoms with Crippen molar-refractivity contribution in [2.45, 2.75) is 13.1 Å². The molecule has 0 unspecified atom stereocenters. The van der Waals surface area contributed by atoms with Crippen LogP contribution in [0, 0.1) is 0 Å². The first kappa shape index (κ1) is 19.4. The van der Waals surface area contributed by atoms with Gasteiger partial charge in [-0.05, 0) is 40.8 Å². The number of phenolic OH excluding ortho intramolecular Hbond substituents is 1. The third-order valence-corrected chi connectivity index (χ3v) is 5.78. The zero-order chi connectivity index (χ0) is 21.2. The number of hydrogen-bond acceptors (Lipinski definition) is 5. The summed E-state index contributed by atoms with van der Waals surface area (Å²) in [5.74, 6) is 1.64. The molecule has 1 N–H and O–H groups in total. The lowest BCUT2D eigenvalue weighted by Gasteiger charge is -2.21. The molecule has 0 spiro atoms. The zero-order valence-electron chi connectivity index (χ0n) is 17.4. The van der Waals surface area contributed by atoms with Gasteiger partial charge in [-0.3, -0.25) is 9.88 Å². The van der Waals surface area contributed by atoms with Gasteiger partial charge >= 0.3 is 0 Å². The predicted molar refractivity (Wildman–Crippen MR) is 121 cm³/mol. The van der Waals surface area contributed by atoms with Crippen LogP contribution in [-0.2, 0) is 13.1 Å². The average molecular weight is 412 g/mol. The molecule has 0 bridgehead atoms. The number of rotatable bonds is 4. The highest BCUT2D eigenvalue weighted by Gasteiger charge is 2.21. The van der Waals surface area contributed by atoms with Gasteiger partial charge in [0.25, 0.3) is 0 Å². The standard InChI is InChI=1S/C26H24N2O3/c1-30-25-9-8-19(22-6-2-3-7-23(22)25)16-28-11-12-31-26-21(17-28)13-20(14-24(26)29)18-5-4-10-27-15-18/h2-10,13-15,29H,11-12,16-17H2,1H3. The Kier molecular flexibility index (Phi) is 5.18. The van der Waals surface area contributed by atoms with Gasteiger partial charge in [0, 0.05) is 48.5 Å². The Morgan fingerprint density at radius 3 is 2.71 bits per heavy atom. The normalized spacial score (nSPS) is 14.0. The summed E-state index contributed by atoms with van der Waals surface area (Å²) in [6, 6.07) is 20.2. The molecular formula is C26H24N2O3. The van der Waals surface area contributed by atoms with Crippen LogP contribution in [0.4, 0.5) is 0 Å². The monoisotopic (exact) mass is 412 g/mol. The van der Waals surface area contributed by atoms with Crippen LogP contribution in [0.3, 0.4) is 0 Å². The van der Waals surface area contributed by atoms with Gasteiger partial charge in [-0.25, -0.2) is 0 Å². The SMILES string of the molecule is COc1ccc(CN2CCOc3c(O)cc(-c4cccnc4)cc3C2)c2ccccc12. The van der Waals surface area contributed by atoms with Crippen molar-refractivity contribution in [1.82, 2.24) is 9.88 Å². The Balaban J connectivity index is 1.48. The second-order valence-electron chi connectivity index (χ2n) is 7.76. The van der Waals surface area contributed by atoms with Gasteiger partial charge in [-0.15, -0.1) is 0 Å². The number of nitrogens with zero attached hydrogens (tertiary/aromatic N) is 2. The van der Waals surface area contributed by atoms with Crippen molar-refractivity contribution in [2.24, 2.45) is 0 Å². The molecule has 1 aromatic heterocycles. The van der Waals surface area contributed by atoms with E-state index in [0.29, 0.717) is 18.9 Å². The number of methoxy groups -OCH3 is 1. The number of pyridine rings is 1. The molecule has 0 amide bonds. The third-order valence-electron chi connectivity index (χ3n) is 5.78. The van der Waals surface area contributed by atoms with E-state index in [-0.39, 0.29) is 5.75 Å². The lowest BCUT2D eigenvalue weighted by molar-refractivity contribution is 0.218. The molecule has 0 saturated heterocycles. The summed E-state index contributed by atoms with van der Waals surface area (Å²) in [7, 11) is 1.71. The number of aromatic hydroxyl groups is 1. The molecule has 156 valence electrons. The summed E-state index contributed by atoms with van der Waals surface area (Å²) in [4.78, 5) is 6.56. The van der Waals surface area contributed by atoms with Crippen LogP contribution >= 0.6 is 0 Å². The van der Waals surface area contributed by atoms with E-state index in [4.69, 9.17) is 9.47 Å². The Hall–Kier alpha value is -3.57. The van der Waals surface area contributed by atoms with Crippen molar-refractivity contribution in [1.29, 1.82) is 0 Å². The van der Waals surface area contributed by atoms with Crippen molar-refractivity contribution < 1.29 is 14.6 Å². The first-order valence-corrected chi connectivity index (χ1v) is 10.4. The summed E-state index contributed by atoms with van der Waals surface area (Å²) in [6.07, 6.45) is 3.55. The molecule has 5 heteroatoms. The van der Waals surface area contributed by atoms with Crippen LogP contribution in [0.5, 0.6) is 17.2 Å². The molecule has 31 heavy (non-hydrogen) atoms. The van der Waals surface area contributed by atoms with E-state index in [9.17, 15) is 5.11 Å². The molecular weight excluding hydrogens is 388 g/mol. The van der Waals surface area contributed by atoms with Gasteiger partial charge < -0.3 is 14.6 Å². The highest BCUT2D eigenvalue weighted by atomic mass is 16.5. The number of phenols is 1. The van der Waals surface area contributed by atoms with Crippen LogP contribution in [0.2, 0.25) is 0 Å². The van der Waals surface area contributed by atoms with E-state index in [1.807, 2.05) is 24.3 Å². The molecule has 0 aliphatic carbocycles. The van der Waals surface area contributed by atoms with Crippen LogP contribution in [-0.4, -0.2) is 35.3 Å². The van der Waals surface area contributed by atoms with Crippen molar-refractivity contribution >= 4 is 10.8 Å². The number of benzene rings is 3. The van der Waals surface area contributed by atoms with Crippen molar-refractivity contribution in [3.8, 4) is 28.4 Å². The Labute approximate surface area is 181 Å². The predicted octanol–water partition coefficient (Wildman–Crippen LogP) is 5.01. The highest BCUT2D eigenvalue weighted by Crippen LogP contribution is 2.38. The minimum atomic E-state index is 0.174. The van der Waals surface area contributed by atoms with Gasteiger partial charge in [-0.2, -0.15) is 0 Å². The summed E-state index contributed by atoms with van der Waals surface area (Å²) < 4.78 is 11.5. The minimum absolute atomic E-state index is 0.174. The molecule has 5 rings (SSSR count). The Morgan fingerprint density at radius 1 is 1.03 bits per heavy atom. The zero-order valence-corrected chi connectivity index (χ0v) is 17.4. The van der Waals surface area contributed by atoms with E-state index in [1.165, 1.54) is 10.9 Å². The fourth-order valence-electron chi connectivity index (χ4n) is 4.28. The molecule has 2 heterocycles. The topological polar surface area (TPSA) is 54.8 Å². The van der Waals surface area contributed by atoms with Crippen LogP contribution < -0.4 is 9.47 Å². The number of fused-ring (bicyclic) bond motifs is 2. The summed E-state index contributed by atoms with van der Waals surface area (Å²) in [5, 5.41) is 12.9. The lowest BCUT2D eigenvalue weighted by atomic mass is 10.0. The lowest BCUT2D eigenvalue weighted by Crippen LogP contribution is -2.25. The second kappa shape index (κ2) is 8.28. The maximum Gasteiger partial charge on any atom is 0.165 e. The van der Waals surface area contributed by atoms with Crippen molar-refractivity contribution in [3.63, 3.8) is 0 Å². The number of aromatic nitrogens is 1. The van der Waals surface area contributed by atoms with E-state index < -0.39 is 0 Å². The molecule has 3 aromatic carbocycles. The van der Waals surface area contributed by atoms with E-state index >= 15 is 0 Å². The maximum atomic E-state index is 10.6. The summed E-state index contributed by atoms with van der Waals surface area (Å²) >= 11 is 0. The summed E-state index contributed by atoms with van der Waals surface area (Å²) in [6.45, 7) is 2.78. The average Bonchev–Trinajstić information content (AvgIpc) is 3.02. The van der Waals surface area contributed by atoms with Crippen molar-refractivity contribution in [3.05, 3.63) is 84.2 Å². The molecule has 5 nitrogen and oxygen atoms in total. The Morgan fingerprint density at radius 2 is 1.90 bits per heavy atom.